The van der Waals surface area contributed by atoms with E-state index in [2.05, 4.69) is 9.97 Å². The summed E-state index contributed by atoms with van der Waals surface area (Å²) in [5.74, 6) is 0.338. The third kappa shape index (κ3) is 3.44. The van der Waals surface area contributed by atoms with Gasteiger partial charge in [-0.15, -0.1) is 0 Å². The topological polar surface area (TPSA) is 55.0 Å². The van der Waals surface area contributed by atoms with Crippen LogP contribution in [-0.2, 0) is 6.42 Å². The van der Waals surface area contributed by atoms with Crippen molar-refractivity contribution in [2.45, 2.75) is 18.6 Å². The lowest BCUT2D eigenvalue weighted by Gasteiger charge is -2.20. The lowest BCUT2D eigenvalue weighted by atomic mass is 10.1. The number of aromatic nitrogens is 2. The summed E-state index contributed by atoms with van der Waals surface area (Å²) in [7, 11) is 3.31. The summed E-state index contributed by atoms with van der Waals surface area (Å²) >= 11 is 5.77. The lowest BCUT2D eigenvalue weighted by Crippen LogP contribution is -2.39. The van der Waals surface area contributed by atoms with E-state index < -0.39 is 18.6 Å². The minimum atomic E-state index is -4.47. The SMILES string of the molecule is CN(C)c1ncnc(Cl)c1CC(N)C(F)(F)F. The largest absolute Gasteiger partial charge is 0.403 e. The van der Waals surface area contributed by atoms with Gasteiger partial charge < -0.3 is 10.6 Å². The van der Waals surface area contributed by atoms with Crippen molar-refractivity contribution < 1.29 is 13.2 Å². The molecule has 1 aromatic rings. The van der Waals surface area contributed by atoms with Gasteiger partial charge in [0.15, 0.2) is 0 Å². The molecule has 96 valence electrons. The smallest absolute Gasteiger partial charge is 0.362 e. The molecule has 0 aromatic carbocycles. The van der Waals surface area contributed by atoms with Gasteiger partial charge in [-0.1, -0.05) is 11.6 Å². The molecule has 0 fully saturated rings. The average molecular weight is 269 g/mol. The molecule has 0 spiro atoms. The Bertz CT molecular complexity index is 394. The van der Waals surface area contributed by atoms with Crippen LogP contribution in [0.1, 0.15) is 5.56 Å². The number of nitrogens with two attached hydrogens (primary N) is 1. The van der Waals surface area contributed by atoms with Gasteiger partial charge in [0.05, 0.1) is 0 Å². The summed E-state index contributed by atoms with van der Waals surface area (Å²) in [6, 6.07) is -1.98. The number of hydrogen-bond donors (Lipinski definition) is 1. The first-order valence-electron chi connectivity index (χ1n) is 4.72. The highest BCUT2D eigenvalue weighted by Crippen LogP contribution is 2.27. The van der Waals surface area contributed by atoms with Crippen molar-refractivity contribution >= 4 is 17.4 Å². The predicted octanol–water partition coefficient (Wildman–Crippen LogP) is 1.63. The van der Waals surface area contributed by atoms with E-state index >= 15 is 0 Å². The van der Waals surface area contributed by atoms with Crippen LogP contribution in [0, 0.1) is 0 Å². The van der Waals surface area contributed by atoms with Crippen LogP contribution in [0.5, 0.6) is 0 Å². The van der Waals surface area contributed by atoms with Crippen LogP contribution in [-0.4, -0.2) is 36.3 Å². The first-order chi connectivity index (χ1) is 7.73. The number of hydrogen-bond acceptors (Lipinski definition) is 4. The van der Waals surface area contributed by atoms with Gasteiger partial charge in [-0.05, 0) is 0 Å². The highest BCUT2D eigenvalue weighted by molar-refractivity contribution is 6.30. The van der Waals surface area contributed by atoms with Gasteiger partial charge >= 0.3 is 6.18 Å². The standard InChI is InChI=1S/C9H12ClF3N4/c1-17(2)8-5(7(10)15-4-16-8)3-6(14)9(11,12)13/h4,6H,3,14H2,1-2H3. The fourth-order valence-corrected chi connectivity index (χ4v) is 1.48. The normalized spacial score (nSPS) is 13.6. The maximum absolute atomic E-state index is 12.4. The Labute approximate surface area is 102 Å². The van der Waals surface area contributed by atoms with Crippen LogP contribution in [0.2, 0.25) is 5.15 Å². The fourth-order valence-electron chi connectivity index (χ4n) is 1.28. The van der Waals surface area contributed by atoms with Crippen molar-refractivity contribution in [1.29, 1.82) is 0 Å². The van der Waals surface area contributed by atoms with E-state index in [1.54, 1.807) is 19.0 Å². The summed E-state index contributed by atoms with van der Waals surface area (Å²) < 4.78 is 37.1. The lowest BCUT2D eigenvalue weighted by molar-refractivity contribution is -0.147. The number of alkyl halides is 3. The van der Waals surface area contributed by atoms with E-state index in [9.17, 15) is 13.2 Å². The van der Waals surface area contributed by atoms with E-state index in [1.807, 2.05) is 0 Å². The Morgan fingerprint density at radius 1 is 1.41 bits per heavy atom. The first kappa shape index (κ1) is 14.0. The highest BCUT2D eigenvalue weighted by Gasteiger charge is 2.37. The third-order valence-electron chi connectivity index (χ3n) is 2.14. The van der Waals surface area contributed by atoms with Gasteiger partial charge in [0, 0.05) is 26.1 Å². The van der Waals surface area contributed by atoms with Gasteiger partial charge in [-0.25, -0.2) is 9.97 Å². The molecule has 17 heavy (non-hydrogen) atoms. The monoisotopic (exact) mass is 268 g/mol. The number of halogens is 4. The third-order valence-corrected chi connectivity index (χ3v) is 2.46. The summed E-state index contributed by atoms with van der Waals surface area (Å²) in [6.07, 6.45) is -3.72. The van der Waals surface area contributed by atoms with Crippen LogP contribution in [0.3, 0.4) is 0 Å². The van der Waals surface area contributed by atoms with Crippen LogP contribution in [0.25, 0.3) is 0 Å². The number of nitrogens with zero attached hydrogens (tertiary/aromatic N) is 3. The molecule has 8 heteroatoms. The predicted molar refractivity (Wildman–Crippen MR) is 59.1 cm³/mol. The van der Waals surface area contributed by atoms with Crippen LogP contribution in [0.4, 0.5) is 19.0 Å². The van der Waals surface area contributed by atoms with Crippen molar-refractivity contribution in [3.05, 3.63) is 17.0 Å². The second kappa shape index (κ2) is 5.05. The van der Waals surface area contributed by atoms with Crippen molar-refractivity contribution in [3.63, 3.8) is 0 Å². The molecule has 1 rings (SSSR count). The van der Waals surface area contributed by atoms with E-state index in [0.717, 1.165) is 0 Å². The molecule has 2 N–H and O–H groups in total. The molecule has 1 aromatic heterocycles. The zero-order valence-electron chi connectivity index (χ0n) is 9.29. The van der Waals surface area contributed by atoms with E-state index in [0.29, 0.717) is 5.82 Å². The minimum absolute atomic E-state index is 0.0107. The van der Waals surface area contributed by atoms with Crippen LogP contribution in [0.15, 0.2) is 6.33 Å². The van der Waals surface area contributed by atoms with Crippen molar-refractivity contribution in [2.75, 3.05) is 19.0 Å². The first-order valence-corrected chi connectivity index (χ1v) is 5.10. The Hall–Kier alpha value is -1.08. The Morgan fingerprint density at radius 3 is 2.47 bits per heavy atom. The molecule has 0 amide bonds. The molecule has 0 bridgehead atoms. The maximum atomic E-state index is 12.4. The summed E-state index contributed by atoms with van der Waals surface area (Å²) in [5.41, 5.74) is 5.26. The Balaban J connectivity index is 3.05. The van der Waals surface area contributed by atoms with Crippen LogP contribution >= 0.6 is 11.6 Å². The Morgan fingerprint density at radius 2 is 2.00 bits per heavy atom. The highest BCUT2D eigenvalue weighted by atomic mass is 35.5. The second-order valence-corrected chi connectivity index (χ2v) is 4.07. The molecule has 0 radical (unpaired) electrons. The van der Waals surface area contributed by atoms with Crippen molar-refractivity contribution in [3.8, 4) is 0 Å². The molecular weight excluding hydrogens is 257 g/mol. The minimum Gasteiger partial charge on any atom is -0.362 e. The zero-order chi connectivity index (χ0) is 13.2. The van der Waals surface area contributed by atoms with Crippen LogP contribution < -0.4 is 10.6 Å². The molecule has 1 atom stereocenters. The molecule has 1 heterocycles. The van der Waals surface area contributed by atoms with E-state index in [-0.39, 0.29) is 10.7 Å². The summed E-state index contributed by atoms with van der Waals surface area (Å²) in [5, 5.41) is -0.0107. The molecule has 0 aliphatic carbocycles. The molecular formula is C9H12ClF3N4. The van der Waals surface area contributed by atoms with Crippen molar-refractivity contribution in [1.82, 2.24) is 9.97 Å². The average Bonchev–Trinajstić information content (AvgIpc) is 2.18. The second-order valence-electron chi connectivity index (χ2n) is 3.71. The number of rotatable bonds is 3. The van der Waals surface area contributed by atoms with Gasteiger partial charge in [0.2, 0.25) is 0 Å². The molecule has 0 saturated carbocycles. The molecule has 0 aliphatic heterocycles. The van der Waals surface area contributed by atoms with E-state index in [1.165, 1.54) is 6.33 Å². The molecule has 4 nitrogen and oxygen atoms in total. The molecule has 0 saturated heterocycles. The fraction of sp³-hybridized carbons (Fsp3) is 0.556. The quantitative estimate of drug-likeness (QED) is 0.847. The number of anilines is 1. The maximum Gasteiger partial charge on any atom is 0.403 e. The summed E-state index contributed by atoms with van der Waals surface area (Å²) in [6.45, 7) is 0. The molecule has 1 unspecified atom stereocenters. The Kier molecular flexibility index (Phi) is 4.16. The van der Waals surface area contributed by atoms with Crippen molar-refractivity contribution in [2.24, 2.45) is 5.73 Å². The van der Waals surface area contributed by atoms with Gasteiger partial charge in [0.25, 0.3) is 0 Å². The summed E-state index contributed by atoms with van der Waals surface area (Å²) in [4.78, 5) is 9.11. The van der Waals surface area contributed by atoms with Gasteiger partial charge in [-0.2, -0.15) is 13.2 Å². The molecule has 0 aliphatic rings. The van der Waals surface area contributed by atoms with Gasteiger partial charge in [0.1, 0.15) is 23.3 Å². The van der Waals surface area contributed by atoms with Gasteiger partial charge in [-0.3, -0.25) is 0 Å². The zero-order valence-corrected chi connectivity index (χ0v) is 10.0. The van der Waals surface area contributed by atoms with E-state index in [4.69, 9.17) is 17.3 Å².